The lowest BCUT2D eigenvalue weighted by Gasteiger charge is -2.13. The lowest BCUT2D eigenvalue weighted by Crippen LogP contribution is -2.28. The lowest BCUT2D eigenvalue weighted by atomic mass is 9.98. The van der Waals surface area contributed by atoms with E-state index >= 15 is 0 Å². The zero-order chi connectivity index (χ0) is 18.7. The number of aryl methyl sites for hydroxylation is 2. The Kier molecular flexibility index (Phi) is 5.16. The minimum Gasteiger partial charge on any atom is -0.366 e. The lowest BCUT2D eigenvalue weighted by molar-refractivity contribution is -0.120. The highest BCUT2D eigenvalue weighted by Gasteiger charge is 2.15. The molecule has 1 aromatic carbocycles. The van der Waals surface area contributed by atoms with E-state index in [1.807, 2.05) is 32.0 Å². The van der Waals surface area contributed by atoms with Gasteiger partial charge in [0.15, 0.2) is 0 Å². The van der Waals surface area contributed by atoms with Gasteiger partial charge in [-0.2, -0.15) is 9.50 Å². The van der Waals surface area contributed by atoms with E-state index in [0.29, 0.717) is 18.2 Å². The Morgan fingerprint density at radius 2 is 1.96 bits per heavy atom. The number of nitrogen functional groups attached to an aromatic ring is 1. The van der Waals surface area contributed by atoms with Crippen molar-refractivity contribution < 1.29 is 4.79 Å². The second kappa shape index (κ2) is 7.51. The number of nitrogens with two attached hydrogens (primary N) is 1. The number of fused-ring (bicyclic) bond motifs is 1. The summed E-state index contributed by atoms with van der Waals surface area (Å²) >= 11 is 0. The number of hydrogen-bond donors (Lipinski definition) is 2. The molecule has 136 valence electrons. The van der Waals surface area contributed by atoms with Gasteiger partial charge in [0.2, 0.25) is 11.9 Å². The Hall–Kier alpha value is -2.96. The van der Waals surface area contributed by atoms with Gasteiger partial charge in [-0.3, -0.25) is 4.79 Å². The van der Waals surface area contributed by atoms with E-state index in [4.69, 9.17) is 5.73 Å². The maximum absolute atomic E-state index is 12.4. The first-order valence-electron chi connectivity index (χ1n) is 8.75. The van der Waals surface area contributed by atoms with Gasteiger partial charge in [-0.15, -0.1) is 5.10 Å². The third kappa shape index (κ3) is 3.82. The van der Waals surface area contributed by atoms with Crippen molar-refractivity contribution in [2.75, 3.05) is 12.3 Å². The third-order valence-electron chi connectivity index (χ3n) is 4.67. The fraction of sp³-hybridized carbons (Fsp3) is 0.368. The molecule has 0 aliphatic heterocycles. The maximum Gasteiger partial charge on any atom is 0.254 e. The molecule has 0 aliphatic rings. The summed E-state index contributed by atoms with van der Waals surface area (Å²) in [7, 11) is 0. The van der Waals surface area contributed by atoms with E-state index in [2.05, 4.69) is 39.4 Å². The smallest absolute Gasteiger partial charge is 0.254 e. The first-order valence-corrected chi connectivity index (χ1v) is 8.75. The molecule has 0 spiro atoms. The summed E-state index contributed by atoms with van der Waals surface area (Å²) in [6.45, 7) is 6.58. The zero-order valence-corrected chi connectivity index (χ0v) is 15.4. The number of aromatic nitrogens is 4. The number of carbonyl (C=O) groups excluding carboxylic acids is 1. The van der Waals surface area contributed by atoms with Crippen molar-refractivity contribution >= 4 is 17.6 Å². The molecule has 3 rings (SSSR count). The van der Waals surface area contributed by atoms with Gasteiger partial charge >= 0.3 is 0 Å². The summed E-state index contributed by atoms with van der Waals surface area (Å²) in [5, 5.41) is 7.13. The van der Waals surface area contributed by atoms with Gasteiger partial charge in [0.25, 0.3) is 5.78 Å². The number of benzene rings is 1. The first kappa shape index (κ1) is 17.8. The topological polar surface area (TPSA) is 98.2 Å². The molecule has 7 nitrogen and oxygen atoms in total. The van der Waals surface area contributed by atoms with E-state index in [0.717, 1.165) is 23.4 Å². The van der Waals surface area contributed by atoms with Crippen molar-refractivity contribution in [3.63, 3.8) is 0 Å². The zero-order valence-electron chi connectivity index (χ0n) is 15.4. The number of rotatable bonds is 6. The van der Waals surface area contributed by atoms with Gasteiger partial charge in [0.05, 0.1) is 6.42 Å². The van der Waals surface area contributed by atoms with E-state index in [9.17, 15) is 4.79 Å². The van der Waals surface area contributed by atoms with Crippen molar-refractivity contribution in [2.45, 2.75) is 39.5 Å². The predicted octanol–water partition coefficient (Wildman–Crippen LogP) is 2.18. The summed E-state index contributed by atoms with van der Waals surface area (Å²) in [6.07, 6.45) is 1.16. The van der Waals surface area contributed by atoms with Crippen LogP contribution in [0.4, 0.5) is 5.95 Å². The number of nitrogens with zero attached hydrogens (tertiary/aromatic N) is 4. The predicted molar refractivity (Wildman–Crippen MR) is 101 cm³/mol. The highest BCUT2D eigenvalue weighted by atomic mass is 16.1. The van der Waals surface area contributed by atoms with Crippen molar-refractivity contribution in [1.82, 2.24) is 24.9 Å². The van der Waals surface area contributed by atoms with E-state index in [1.54, 1.807) is 4.52 Å². The Morgan fingerprint density at radius 3 is 2.69 bits per heavy atom. The van der Waals surface area contributed by atoms with Crippen LogP contribution < -0.4 is 11.1 Å². The van der Waals surface area contributed by atoms with Crippen molar-refractivity contribution in [3.05, 3.63) is 52.8 Å². The minimum absolute atomic E-state index is 0.0225. The molecule has 0 fully saturated rings. The summed E-state index contributed by atoms with van der Waals surface area (Å²) in [4.78, 5) is 20.8. The molecule has 0 saturated heterocycles. The first-order chi connectivity index (χ1) is 12.5. The molecule has 0 bridgehead atoms. The molecule has 7 heteroatoms. The number of hydrogen-bond acceptors (Lipinski definition) is 5. The minimum atomic E-state index is -0.0225. The molecule has 0 aliphatic carbocycles. The molecular weight excluding hydrogens is 328 g/mol. The van der Waals surface area contributed by atoms with Crippen LogP contribution in [0, 0.1) is 13.8 Å². The van der Waals surface area contributed by atoms with Crippen LogP contribution in [0.15, 0.2) is 30.3 Å². The van der Waals surface area contributed by atoms with Gasteiger partial charge < -0.3 is 11.1 Å². The van der Waals surface area contributed by atoms with Gasteiger partial charge in [-0.05, 0) is 31.7 Å². The van der Waals surface area contributed by atoms with Crippen LogP contribution in [-0.2, 0) is 11.2 Å². The Labute approximate surface area is 152 Å². The second-order valence-corrected chi connectivity index (χ2v) is 6.57. The monoisotopic (exact) mass is 352 g/mol. The average molecular weight is 352 g/mol. The largest absolute Gasteiger partial charge is 0.366 e. The van der Waals surface area contributed by atoms with Crippen molar-refractivity contribution in [2.24, 2.45) is 0 Å². The van der Waals surface area contributed by atoms with Crippen LogP contribution in [0.5, 0.6) is 0 Å². The van der Waals surface area contributed by atoms with E-state index < -0.39 is 0 Å². The van der Waals surface area contributed by atoms with Crippen LogP contribution >= 0.6 is 0 Å². The molecule has 1 amide bonds. The molecule has 2 aromatic heterocycles. The Balaban J connectivity index is 1.61. The summed E-state index contributed by atoms with van der Waals surface area (Å²) in [5.74, 6) is 1.01. The number of carbonyl (C=O) groups is 1. The molecule has 3 N–H and O–H groups in total. The van der Waals surface area contributed by atoms with E-state index in [1.165, 1.54) is 5.56 Å². The van der Waals surface area contributed by atoms with Crippen molar-refractivity contribution in [1.29, 1.82) is 0 Å². The van der Waals surface area contributed by atoms with Crippen LogP contribution in [0.25, 0.3) is 5.78 Å². The Bertz CT molecular complexity index is 919. The fourth-order valence-electron chi connectivity index (χ4n) is 3.08. The van der Waals surface area contributed by atoms with Crippen LogP contribution in [0.3, 0.4) is 0 Å². The number of anilines is 1. The van der Waals surface area contributed by atoms with Crippen molar-refractivity contribution in [3.8, 4) is 0 Å². The van der Waals surface area contributed by atoms with Gasteiger partial charge in [0, 0.05) is 23.5 Å². The Morgan fingerprint density at radius 1 is 1.23 bits per heavy atom. The number of nitrogens with one attached hydrogen (secondary N) is 1. The second-order valence-electron chi connectivity index (χ2n) is 6.57. The molecule has 0 radical (unpaired) electrons. The highest BCUT2D eigenvalue weighted by Crippen LogP contribution is 2.18. The summed E-state index contributed by atoms with van der Waals surface area (Å²) in [6, 6.07) is 10.3. The summed E-state index contributed by atoms with van der Waals surface area (Å²) < 4.78 is 1.59. The van der Waals surface area contributed by atoms with Gasteiger partial charge in [0.1, 0.15) is 0 Å². The highest BCUT2D eigenvalue weighted by molar-refractivity contribution is 5.79. The average Bonchev–Trinajstić information content (AvgIpc) is 2.99. The van der Waals surface area contributed by atoms with Gasteiger partial charge in [-0.1, -0.05) is 37.3 Å². The molecule has 0 unspecified atom stereocenters. The normalized spacial score (nSPS) is 12.3. The quantitative estimate of drug-likeness (QED) is 0.708. The standard InChI is InChI=1S/C19H24N6O/c1-12(15-7-5-4-6-8-15)9-10-21-17(26)11-16-13(2)22-19-23-18(20)24-25(19)14(16)3/h4-8,12H,9-11H2,1-3H3,(H2,20,24)(H,21,26)/t12-/m1/s1. The molecule has 0 saturated carbocycles. The van der Waals surface area contributed by atoms with Gasteiger partial charge in [-0.25, -0.2) is 4.98 Å². The number of amides is 1. The third-order valence-corrected chi connectivity index (χ3v) is 4.67. The van der Waals surface area contributed by atoms with Crippen LogP contribution in [-0.4, -0.2) is 32.0 Å². The fourth-order valence-corrected chi connectivity index (χ4v) is 3.08. The molecular formula is C19H24N6O. The molecule has 2 heterocycles. The van der Waals surface area contributed by atoms with Crippen LogP contribution in [0.1, 0.15) is 41.8 Å². The maximum atomic E-state index is 12.4. The molecule has 26 heavy (non-hydrogen) atoms. The summed E-state index contributed by atoms with van der Waals surface area (Å²) in [5.41, 5.74) is 9.39. The van der Waals surface area contributed by atoms with E-state index in [-0.39, 0.29) is 18.3 Å². The van der Waals surface area contributed by atoms with Crippen LogP contribution in [0.2, 0.25) is 0 Å². The molecule has 1 atom stereocenters. The SMILES string of the molecule is Cc1nc2nc(N)nn2c(C)c1CC(=O)NCC[C@@H](C)c1ccccc1. The molecule has 3 aromatic rings.